The van der Waals surface area contributed by atoms with E-state index in [0.717, 1.165) is 22.2 Å². The molecule has 31 heavy (non-hydrogen) atoms. The highest BCUT2D eigenvalue weighted by Crippen LogP contribution is 2.29. The summed E-state index contributed by atoms with van der Waals surface area (Å²) in [6.45, 7) is 0.185. The molecule has 0 unspecified atom stereocenters. The molecule has 3 aromatic heterocycles. The normalized spacial score (nSPS) is 11.2. The van der Waals surface area contributed by atoms with Crippen molar-refractivity contribution < 1.29 is 9.47 Å². The molecule has 0 saturated heterocycles. The van der Waals surface area contributed by atoms with Crippen molar-refractivity contribution in [1.82, 2.24) is 24.8 Å². The molecule has 9 heteroatoms. The SMILES string of the molecule is COc1ccc2c(OCc3nnc4ccc(-c5ccc(Cl)c(Cl)c5)nn34)ccnc2c1. The maximum absolute atomic E-state index is 6.15. The molecule has 0 aliphatic rings. The Balaban J connectivity index is 1.46. The van der Waals surface area contributed by atoms with Gasteiger partial charge in [0.15, 0.2) is 11.5 Å². The van der Waals surface area contributed by atoms with Gasteiger partial charge in [0, 0.05) is 23.2 Å². The molecule has 0 amide bonds. The largest absolute Gasteiger partial charge is 0.497 e. The van der Waals surface area contributed by atoms with Crippen molar-refractivity contribution in [3.63, 3.8) is 0 Å². The Morgan fingerprint density at radius 3 is 2.68 bits per heavy atom. The van der Waals surface area contributed by atoms with E-state index in [2.05, 4.69) is 20.3 Å². The van der Waals surface area contributed by atoms with Gasteiger partial charge in [0.1, 0.15) is 18.1 Å². The smallest absolute Gasteiger partial charge is 0.192 e. The second kappa shape index (κ2) is 8.02. The molecule has 0 atom stereocenters. The summed E-state index contributed by atoms with van der Waals surface area (Å²) < 4.78 is 13.0. The zero-order chi connectivity index (χ0) is 21.4. The maximum atomic E-state index is 6.15. The fraction of sp³-hybridized carbons (Fsp3) is 0.0909. The van der Waals surface area contributed by atoms with Crippen LogP contribution >= 0.6 is 23.2 Å². The second-order valence-corrected chi connectivity index (χ2v) is 7.53. The van der Waals surface area contributed by atoms with E-state index in [9.17, 15) is 0 Å². The van der Waals surface area contributed by atoms with E-state index in [1.165, 1.54) is 0 Å². The molecule has 0 radical (unpaired) electrons. The van der Waals surface area contributed by atoms with Crippen LogP contribution in [0, 0.1) is 0 Å². The molecule has 0 fully saturated rings. The minimum absolute atomic E-state index is 0.185. The molecule has 5 aromatic rings. The number of fused-ring (bicyclic) bond motifs is 2. The number of aromatic nitrogens is 5. The lowest BCUT2D eigenvalue weighted by Gasteiger charge is -2.09. The first-order valence-corrected chi connectivity index (χ1v) is 10.1. The third-order valence-corrected chi connectivity index (χ3v) is 5.55. The third kappa shape index (κ3) is 3.73. The fourth-order valence-electron chi connectivity index (χ4n) is 3.23. The summed E-state index contributed by atoms with van der Waals surface area (Å²) in [6.07, 6.45) is 1.69. The van der Waals surface area contributed by atoms with E-state index in [1.54, 1.807) is 30.0 Å². The molecule has 7 nitrogen and oxygen atoms in total. The van der Waals surface area contributed by atoms with Crippen molar-refractivity contribution in [2.75, 3.05) is 7.11 Å². The fourth-order valence-corrected chi connectivity index (χ4v) is 3.53. The summed E-state index contributed by atoms with van der Waals surface area (Å²) in [5.41, 5.74) is 2.95. The lowest BCUT2D eigenvalue weighted by Crippen LogP contribution is -2.05. The van der Waals surface area contributed by atoms with Gasteiger partial charge >= 0.3 is 0 Å². The van der Waals surface area contributed by atoms with Crippen LogP contribution in [0.25, 0.3) is 27.8 Å². The van der Waals surface area contributed by atoms with E-state index in [4.69, 9.17) is 32.7 Å². The van der Waals surface area contributed by atoms with Crippen LogP contribution in [0.15, 0.2) is 60.8 Å². The number of benzene rings is 2. The summed E-state index contributed by atoms with van der Waals surface area (Å²) in [5, 5.41) is 14.9. The molecular formula is C22H15Cl2N5O2. The molecule has 2 aromatic carbocycles. The summed E-state index contributed by atoms with van der Waals surface area (Å²) in [7, 11) is 1.62. The Morgan fingerprint density at radius 2 is 1.84 bits per heavy atom. The number of nitrogens with zero attached hydrogens (tertiary/aromatic N) is 5. The van der Waals surface area contributed by atoms with Crippen molar-refractivity contribution in [3.05, 3.63) is 76.7 Å². The molecule has 5 rings (SSSR count). The molecule has 0 spiro atoms. The van der Waals surface area contributed by atoms with Gasteiger partial charge < -0.3 is 9.47 Å². The molecule has 0 aliphatic heterocycles. The van der Waals surface area contributed by atoms with Crippen molar-refractivity contribution in [1.29, 1.82) is 0 Å². The van der Waals surface area contributed by atoms with Crippen LogP contribution in [0.4, 0.5) is 0 Å². The predicted molar refractivity (Wildman–Crippen MR) is 119 cm³/mol. The average molecular weight is 452 g/mol. The molecular weight excluding hydrogens is 437 g/mol. The molecule has 0 aliphatic carbocycles. The number of hydrogen-bond acceptors (Lipinski definition) is 6. The topological polar surface area (TPSA) is 74.4 Å². The highest BCUT2D eigenvalue weighted by Gasteiger charge is 2.12. The number of ether oxygens (including phenoxy) is 2. The summed E-state index contributed by atoms with van der Waals surface area (Å²) >= 11 is 12.2. The van der Waals surface area contributed by atoms with Gasteiger partial charge in [-0.15, -0.1) is 10.2 Å². The van der Waals surface area contributed by atoms with Crippen molar-refractivity contribution in [2.24, 2.45) is 0 Å². The van der Waals surface area contributed by atoms with Gasteiger partial charge in [-0.3, -0.25) is 4.98 Å². The van der Waals surface area contributed by atoms with E-state index in [1.807, 2.05) is 42.5 Å². The minimum atomic E-state index is 0.185. The number of hydrogen-bond donors (Lipinski definition) is 0. The highest BCUT2D eigenvalue weighted by atomic mass is 35.5. The van der Waals surface area contributed by atoms with Gasteiger partial charge in [-0.2, -0.15) is 9.61 Å². The Kier molecular flexibility index (Phi) is 5.05. The summed E-state index contributed by atoms with van der Waals surface area (Å²) in [4.78, 5) is 4.38. The van der Waals surface area contributed by atoms with E-state index in [-0.39, 0.29) is 6.61 Å². The molecule has 154 valence electrons. The average Bonchev–Trinajstić information content (AvgIpc) is 3.21. The number of pyridine rings is 1. The van der Waals surface area contributed by atoms with Crippen LogP contribution in [-0.4, -0.2) is 31.9 Å². The minimum Gasteiger partial charge on any atom is -0.497 e. The Bertz CT molecular complexity index is 1420. The van der Waals surface area contributed by atoms with Gasteiger partial charge in [0.05, 0.1) is 28.4 Å². The summed E-state index contributed by atoms with van der Waals surface area (Å²) in [6, 6.07) is 16.5. The number of halogens is 2. The van der Waals surface area contributed by atoms with Crippen LogP contribution in [0.5, 0.6) is 11.5 Å². The second-order valence-electron chi connectivity index (χ2n) is 6.71. The Morgan fingerprint density at radius 1 is 0.935 bits per heavy atom. The van der Waals surface area contributed by atoms with E-state index < -0.39 is 0 Å². The first-order chi connectivity index (χ1) is 15.1. The number of methoxy groups -OCH3 is 1. The van der Waals surface area contributed by atoms with Gasteiger partial charge in [0.2, 0.25) is 0 Å². The lowest BCUT2D eigenvalue weighted by atomic mass is 10.1. The standard InChI is InChI=1S/C22H15Cl2N5O2/c1-30-14-3-4-15-19(11-14)25-9-8-20(15)31-12-22-27-26-21-7-6-18(28-29(21)22)13-2-5-16(23)17(24)10-13/h2-11H,12H2,1H3. The van der Waals surface area contributed by atoms with Gasteiger partial charge in [0.25, 0.3) is 0 Å². The van der Waals surface area contributed by atoms with Crippen LogP contribution in [0.3, 0.4) is 0 Å². The quantitative estimate of drug-likeness (QED) is 0.364. The third-order valence-electron chi connectivity index (χ3n) is 4.81. The zero-order valence-electron chi connectivity index (χ0n) is 16.3. The van der Waals surface area contributed by atoms with Crippen LogP contribution in [0.1, 0.15) is 5.82 Å². The van der Waals surface area contributed by atoms with Crippen molar-refractivity contribution in [2.45, 2.75) is 6.61 Å². The highest BCUT2D eigenvalue weighted by molar-refractivity contribution is 6.42. The Labute approximate surface area is 187 Å². The first-order valence-electron chi connectivity index (χ1n) is 9.35. The van der Waals surface area contributed by atoms with Gasteiger partial charge in [-0.25, -0.2) is 0 Å². The van der Waals surface area contributed by atoms with Crippen molar-refractivity contribution >= 4 is 39.8 Å². The Hall–Kier alpha value is -3.42. The monoisotopic (exact) mass is 451 g/mol. The molecule has 0 N–H and O–H groups in total. The summed E-state index contributed by atoms with van der Waals surface area (Å²) in [5.74, 6) is 1.99. The lowest BCUT2D eigenvalue weighted by molar-refractivity contribution is 0.296. The van der Waals surface area contributed by atoms with Crippen LogP contribution in [0.2, 0.25) is 10.0 Å². The predicted octanol–water partition coefficient (Wildman–Crippen LogP) is 5.23. The first kappa shape index (κ1) is 19.5. The number of rotatable bonds is 5. The van der Waals surface area contributed by atoms with Crippen molar-refractivity contribution in [3.8, 4) is 22.8 Å². The van der Waals surface area contributed by atoms with Gasteiger partial charge in [-0.05, 0) is 42.5 Å². The van der Waals surface area contributed by atoms with E-state index >= 15 is 0 Å². The maximum Gasteiger partial charge on any atom is 0.192 e. The van der Waals surface area contributed by atoms with Gasteiger partial charge in [-0.1, -0.05) is 29.3 Å². The van der Waals surface area contributed by atoms with Crippen LogP contribution in [-0.2, 0) is 6.61 Å². The zero-order valence-corrected chi connectivity index (χ0v) is 17.8. The van der Waals surface area contributed by atoms with E-state index in [0.29, 0.717) is 33.0 Å². The molecule has 3 heterocycles. The molecule has 0 saturated carbocycles. The van der Waals surface area contributed by atoms with Crippen LogP contribution < -0.4 is 9.47 Å². The molecule has 0 bridgehead atoms.